The molecule has 0 spiro atoms. The Hall–Kier alpha value is -0.120. The first-order chi connectivity index (χ1) is 8.56. The van der Waals surface area contributed by atoms with E-state index in [1.54, 1.807) is 0 Å². The molecule has 3 heterocycles. The molecule has 3 unspecified atom stereocenters. The van der Waals surface area contributed by atoms with Gasteiger partial charge in [-0.25, -0.2) is 0 Å². The maximum absolute atomic E-state index is 6.26. The quantitative estimate of drug-likeness (QED) is 0.808. The third-order valence-corrected chi connectivity index (χ3v) is 5.99. The minimum atomic E-state index is 0.337. The van der Waals surface area contributed by atoms with Crippen LogP contribution >= 0.6 is 0 Å². The second kappa shape index (κ2) is 4.46. The van der Waals surface area contributed by atoms with Crippen LogP contribution in [-0.2, 0) is 0 Å². The van der Waals surface area contributed by atoms with Crippen LogP contribution in [0.15, 0.2) is 0 Å². The van der Waals surface area contributed by atoms with Gasteiger partial charge in [0, 0.05) is 18.6 Å². The fraction of sp³-hybridized carbons (Fsp3) is 1.00. The molecular formula is C15H29N3. The molecule has 3 rings (SSSR count). The van der Waals surface area contributed by atoms with Crippen LogP contribution in [0.4, 0.5) is 0 Å². The lowest BCUT2D eigenvalue weighted by Gasteiger charge is -2.53. The highest BCUT2D eigenvalue weighted by molar-refractivity contribution is 5.06. The highest BCUT2D eigenvalue weighted by Crippen LogP contribution is 2.42. The van der Waals surface area contributed by atoms with Crippen molar-refractivity contribution in [3.8, 4) is 0 Å². The summed E-state index contributed by atoms with van der Waals surface area (Å²) in [6, 6.07) is 0. The summed E-state index contributed by atoms with van der Waals surface area (Å²) in [6.07, 6.45) is 5.35. The molecule has 0 saturated carbocycles. The van der Waals surface area contributed by atoms with Gasteiger partial charge in [-0.05, 0) is 63.2 Å². The van der Waals surface area contributed by atoms with Crippen LogP contribution in [0, 0.1) is 11.3 Å². The second-order valence-electron chi connectivity index (χ2n) is 7.50. The number of nitrogens with two attached hydrogens (primary N) is 1. The van der Waals surface area contributed by atoms with Gasteiger partial charge < -0.3 is 10.6 Å². The van der Waals surface area contributed by atoms with Crippen molar-refractivity contribution in [1.82, 2.24) is 9.80 Å². The zero-order valence-electron chi connectivity index (χ0n) is 12.1. The van der Waals surface area contributed by atoms with Crippen molar-refractivity contribution in [2.45, 2.75) is 45.1 Å². The average molecular weight is 251 g/mol. The molecule has 3 heteroatoms. The largest absolute Gasteiger partial charge is 0.329 e. The van der Waals surface area contributed by atoms with Gasteiger partial charge in [0.2, 0.25) is 0 Å². The lowest BCUT2D eigenvalue weighted by atomic mass is 9.74. The Morgan fingerprint density at radius 1 is 1.06 bits per heavy atom. The molecule has 3 aliphatic rings. The minimum absolute atomic E-state index is 0.337. The highest BCUT2D eigenvalue weighted by Gasteiger charge is 2.49. The molecule has 0 amide bonds. The van der Waals surface area contributed by atoms with E-state index in [0.717, 1.165) is 12.5 Å². The third-order valence-electron chi connectivity index (χ3n) is 5.99. The van der Waals surface area contributed by atoms with Crippen molar-refractivity contribution in [3.05, 3.63) is 0 Å². The molecule has 0 aromatic carbocycles. The lowest BCUT2D eigenvalue weighted by Crippen LogP contribution is -2.64. The first-order valence-electron chi connectivity index (χ1n) is 7.73. The van der Waals surface area contributed by atoms with E-state index in [4.69, 9.17) is 5.73 Å². The number of rotatable bonds is 2. The summed E-state index contributed by atoms with van der Waals surface area (Å²) in [4.78, 5) is 5.40. The molecule has 18 heavy (non-hydrogen) atoms. The SMILES string of the molecule is CC1(C)CCN(C2(CN)CCN3CCC2C3)CC1. The Kier molecular flexibility index (Phi) is 3.20. The molecule has 104 valence electrons. The maximum atomic E-state index is 6.26. The molecule has 3 atom stereocenters. The van der Waals surface area contributed by atoms with Crippen LogP contribution in [-0.4, -0.2) is 54.6 Å². The normalized spacial score (nSPS) is 44.2. The lowest BCUT2D eigenvalue weighted by molar-refractivity contribution is -0.0256. The molecule has 0 aromatic heterocycles. The van der Waals surface area contributed by atoms with Gasteiger partial charge in [0.15, 0.2) is 0 Å². The van der Waals surface area contributed by atoms with Gasteiger partial charge in [0.1, 0.15) is 0 Å². The third kappa shape index (κ3) is 2.00. The molecule has 3 saturated heterocycles. The van der Waals surface area contributed by atoms with Gasteiger partial charge in [0.05, 0.1) is 0 Å². The number of hydrogen-bond donors (Lipinski definition) is 1. The monoisotopic (exact) mass is 251 g/mol. The van der Waals surface area contributed by atoms with E-state index >= 15 is 0 Å². The zero-order valence-corrected chi connectivity index (χ0v) is 12.1. The molecule has 0 aromatic rings. The van der Waals surface area contributed by atoms with E-state index in [-0.39, 0.29) is 0 Å². The van der Waals surface area contributed by atoms with Gasteiger partial charge in [0.25, 0.3) is 0 Å². The van der Waals surface area contributed by atoms with Gasteiger partial charge in [-0.15, -0.1) is 0 Å². The molecule has 3 fully saturated rings. The Labute approximate surface area is 112 Å². The summed E-state index contributed by atoms with van der Waals surface area (Å²) in [7, 11) is 0. The summed E-state index contributed by atoms with van der Waals surface area (Å²) in [6.45, 7) is 12.1. The van der Waals surface area contributed by atoms with Crippen LogP contribution in [0.5, 0.6) is 0 Å². The van der Waals surface area contributed by atoms with Gasteiger partial charge >= 0.3 is 0 Å². The number of likely N-dealkylation sites (tertiary alicyclic amines) is 1. The summed E-state index contributed by atoms with van der Waals surface area (Å²) in [5.74, 6) is 0.831. The standard InChI is InChI=1S/C15H29N3/c1-14(2)4-9-18(10-5-14)15(12-16)6-8-17-7-3-13(15)11-17/h13H,3-12,16H2,1-2H3. The van der Waals surface area contributed by atoms with Crippen molar-refractivity contribution in [3.63, 3.8) is 0 Å². The number of fused-ring (bicyclic) bond motifs is 2. The van der Waals surface area contributed by atoms with Crippen LogP contribution in [0.25, 0.3) is 0 Å². The molecule has 3 nitrogen and oxygen atoms in total. The predicted molar refractivity (Wildman–Crippen MR) is 75.5 cm³/mol. The Morgan fingerprint density at radius 3 is 2.44 bits per heavy atom. The summed E-state index contributed by atoms with van der Waals surface area (Å²) in [5.41, 5.74) is 7.14. The maximum Gasteiger partial charge on any atom is 0.0384 e. The van der Waals surface area contributed by atoms with Crippen molar-refractivity contribution in [1.29, 1.82) is 0 Å². The summed E-state index contributed by atoms with van der Waals surface area (Å²) in [5, 5.41) is 0. The van der Waals surface area contributed by atoms with E-state index in [9.17, 15) is 0 Å². The fourth-order valence-electron chi connectivity index (χ4n) is 4.40. The number of hydrogen-bond acceptors (Lipinski definition) is 3. The van der Waals surface area contributed by atoms with E-state index in [0.29, 0.717) is 11.0 Å². The van der Waals surface area contributed by atoms with E-state index < -0.39 is 0 Å². The smallest absolute Gasteiger partial charge is 0.0384 e. The van der Waals surface area contributed by atoms with Gasteiger partial charge in [-0.2, -0.15) is 0 Å². The van der Waals surface area contributed by atoms with Crippen molar-refractivity contribution < 1.29 is 0 Å². The van der Waals surface area contributed by atoms with E-state index in [1.807, 2.05) is 0 Å². The molecule has 0 radical (unpaired) electrons. The molecular weight excluding hydrogens is 222 g/mol. The topological polar surface area (TPSA) is 32.5 Å². The first kappa shape index (κ1) is 12.9. The summed E-state index contributed by atoms with van der Waals surface area (Å²) < 4.78 is 0. The van der Waals surface area contributed by atoms with Crippen molar-refractivity contribution in [2.24, 2.45) is 17.1 Å². The molecule has 2 N–H and O–H groups in total. The molecule has 3 aliphatic heterocycles. The highest BCUT2D eigenvalue weighted by atomic mass is 15.3. The molecule has 0 aliphatic carbocycles. The zero-order chi connectivity index (χ0) is 12.8. The van der Waals surface area contributed by atoms with E-state index in [2.05, 4.69) is 23.6 Å². The van der Waals surface area contributed by atoms with Gasteiger partial charge in [-0.1, -0.05) is 13.8 Å². The fourth-order valence-corrected chi connectivity index (χ4v) is 4.40. The van der Waals surface area contributed by atoms with E-state index in [1.165, 1.54) is 58.4 Å². The van der Waals surface area contributed by atoms with Crippen LogP contribution in [0.2, 0.25) is 0 Å². The second-order valence-corrected chi connectivity index (χ2v) is 7.50. The first-order valence-corrected chi connectivity index (χ1v) is 7.73. The number of piperidine rings is 2. The Balaban J connectivity index is 1.76. The Morgan fingerprint density at radius 2 is 1.78 bits per heavy atom. The average Bonchev–Trinajstić information content (AvgIpc) is 2.75. The van der Waals surface area contributed by atoms with Crippen LogP contribution in [0.3, 0.4) is 0 Å². The number of nitrogens with zero attached hydrogens (tertiary/aromatic N) is 2. The van der Waals surface area contributed by atoms with Crippen LogP contribution in [0.1, 0.15) is 39.5 Å². The Bertz CT molecular complexity index is 305. The van der Waals surface area contributed by atoms with Gasteiger partial charge in [-0.3, -0.25) is 4.90 Å². The van der Waals surface area contributed by atoms with Crippen molar-refractivity contribution in [2.75, 3.05) is 39.3 Å². The van der Waals surface area contributed by atoms with Crippen LogP contribution < -0.4 is 5.73 Å². The summed E-state index contributed by atoms with van der Waals surface area (Å²) >= 11 is 0. The predicted octanol–water partition coefficient (Wildman–Crippen LogP) is 1.53. The molecule has 2 bridgehead atoms. The van der Waals surface area contributed by atoms with Crippen molar-refractivity contribution >= 4 is 0 Å². The minimum Gasteiger partial charge on any atom is -0.329 e.